The molecule has 0 aromatic heterocycles. The number of nitrogens with zero attached hydrogens (tertiary/aromatic N) is 1. The fraction of sp³-hybridized carbons (Fsp3) is 0.0435. The first-order valence-electron chi connectivity index (χ1n) is 9.07. The van der Waals surface area contributed by atoms with Gasteiger partial charge in [0.2, 0.25) is 0 Å². The molecule has 0 fully saturated rings. The fourth-order valence-electron chi connectivity index (χ4n) is 2.69. The van der Waals surface area contributed by atoms with Crippen molar-refractivity contribution in [1.82, 2.24) is 0 Å². The van der Waals surface area contributed by atoms with Gasteiger partial charge in [-0.15, -0.1) is 0 Å². The molecule has 3 aromatic carbocycles. The topological polar surface area (TPSA) is 96.3 Å². The lowest BCUT2D eigenvalue weighted by Crippen LogP contribution is -2.14. The van der Waals surface area contributed by atoms with Crippen molar-refractivity contribution in [2.45, 2.75) is 11.8 Å². The van der Waals surface area contributed by atoms with Crippen LogP contribution in [-0.2, 0) is 14.9 Å². The number of carbonyl (C=O) groups excluding carboxylic acids is 1. The maximum absolute atomic E-state index is 12.6. The summed E-state index contributed by atoms with van der Waals surface area (Å²) in [4.78, 5) is 12.5. The molecule has 0 unspecified atom stereocenters. The van der Waals surface area contributed by atoms with Gasteiger partial charge in [0.15, 0.2) is 0 Å². The summed E-state index contributed by atoms with van der Waals surface area (Å²) in [6, 6.07) is 20.8. The molecular formula is C23H17ClN2O4S. The fourth-order valence-corrected chi connectivity index (χ4v) is 3.84. The van der Waals surface area contributed by atoms with Gasteiger partial charge in [0.05, 0.1) is 0 Å². The first-order valence-corrected chi connectivity index (χ1v) is 10.9. The van der Waals surface area contributed by atoms with Crippen molar-refractivity contribution in [3.8, 4) is 11.8 Å². The van der Waals surface area contributed by atoms with Crippen LogP contribution in [0.15, 0.2) is 83.3 Å². The molecule has 0 aliphatic carbocycles. The quantitative estimate of drug-likeness (QED) is 0.324. The molecule has 0 saturated heterocycles. The lowest BCUT2D eigenvalue weighted by molar-refractivity contribution is -0.112. The number of hydrogen-bond acceptors (Lipinski definition) is 5. The molecular weight excluding hydrogens is 436 g/mol. The van der Waals surface area contributed by atoms with Crippen molar-refractivity contribution in [3.05, 3.63) is 94.5 Å². The molecule has 156 valence electrons. The van der Waals surface area contributed by atoms with Gasteiger partial charge in [-0.2, -0.15) is 13.7 Å². The second kappa shape index (κ2) is 9.47. The molecule has 0 spiro atoms. The largest absolute Gasteiger partial charge is 0.378 e. The van der Waals surface area contributed by atoms with Gasteiger partial charge >= 0.3 is 10.1 Å². The first kappa shape index (κ1) is 22.1. The zero-order valence-electron chi connectivity index (χ0n) is 16.4. The van der Waals surface area contributed by atoms with Gasteiger partial charge in [-0.1, -0.05) is 41.9 Å². The molecule has 0 radical (unpaired) electrons. The Kier molecular flexibility index (Phi) is 6.75. The van der Waals surface area contributed by atoms with E-state index in [1.807, 2.05) is 19.1 Å². The number of anilines is 1. The van der Waals surface area contributed by atoms with Crippen molar-refractivity contribution in [1.29, 1.82) is 5.26 Å². The molecule has 0 atom stereocenters. The SMILES string of the molecule is Cc1cccc(NC(=O)/C(C#N)=C/c2cc(Cl)ccc2OS(=O)(=O)c2ccccc2)c1. The second-order valence-corrected chi connectivity index (χ2v) is 8.51. The molecule has 8 heteroatoms. The van der Waals surface area contributed by atoms with Gasteiger partial charge in [0, 0.05) is 16.3 Å². The number of nitriles is 1. The van der Waals surface area contributed by atoms with E-state index in [0.29, 0.717) is 5.69 Å². The van der Waals surface area contributed by atoms with Crippen LogP contribution < -0.4 is 9.50 Å². The number of halogens is 1. The van der Waals surface area contributed by atoms with Crippen LogP contribution in [0.3, 0.4) is 0 Å². The Morgan fingerprint density at radius 3 is 2.48 bits per heavy atom. The standard InChI is InChI=1S/C23H17ClN2O4S/c1-16-6-5-7-20(12-16)26-23(27)18(15-25)13-17-14-19(24)10-11-22(17)30-31(28,29)21-8-3-2-4-9-21/h2-14H,1H3,(H,26,27)/b18-13+. The van der Waals surface area contributed by atoms with Crippen LogP contribution in [0.2, 0.25) is 5.02 Å². The number of rotatable bonds is 6. The summed E-state index contributed by atoms with van der Waals surface area (Å²) >= 11 is 6.04. The van der Waals surface area contributed by atoms with Crippen LogP contribution in [0.4, 0.5) is 5.69 Å². The molecule has 0 heterocycles. The molecule has 0 aliphatic heterocycles. The Bertz CT molecular complexity index is 1300. The van der Waals surface area contributed by atoms with Crippen LogP contribution in [0.5, 0.6) is 5.75 Å². The van der Waals surface area contributed by atoms with Crippen LogP contribution in [-0.4, -0.2) is 14.3 Å². The Morgan fingerprint density at radius 1 is 1.06 bits per heavy atom. The van der Waals surface area contributed by atoms with E-state index >= 15 is 0 Å². The normalized spacial score (nSPS) is 11.5. The van der Waals surface area contributed by atoms with E-state index in [4.69, 9.17) is 15.8 Å². The summed E-state index contributed by atoms with van der Waals surface area (Å²) in [6.07, 6.45) is 1.23. The molecule has 31 heavy (non-hydrogen) atoms. The van der Waals surface area contributed by atoms with E-state index in [-0.39, 0.29) is 26.8 Å². The van der Waals surface area contributed by atoms with Gasteiger partial charge in [-0.05, 0) is 61.0 Å². The van der Waals surface area contributed by atoms with Crippen LogP contribution in [0.1, 0.15) is 11.1 Å². The maximum Gasteiger partial charge on any atom is 0.339 e. The number of aryl methyl sites for hydroxylation is 1. The van der Waals surface area contributed by atoms with Gasteiger partial charge in [-0.3, -0.25) is 4.79 Å². The third-order valence-corrected chi connectivity index (χ3v) is 5.63. The minimum Gasteiger partial charge on any atom is -0.378 e. The minimum absolute atomic E-state index is 0.0300. The number of hydrogen-bond donors (Lipinski definition) is 1. The van der Waals surface area contributed by atoms with E-state index < -0.39 is 16.0 Å². The zero-order valence-corrected chi connectivity index (χ0v) is 17.9. The van der Waals surface area contributed by atoms with Crippen LogP contribution in [0.25, 0.3) is 6.08 Å². The number of nitrogens with one attached hydrogen (secondary N) is 1. The molecule has 0 aliphatic rings. The number of carbonyl (C=O) groups is 1. The van der Waals surface area contributed by atoms with Gasteiger partial charge in [0.25, 0.3) is 5.91 Å². The number of benzene rings is 3. The third-order valence-electron chi connectivity index (χ3n) is 4.14. The molecule has 0 bridgehead atoms. The van der Waals surface area contributed by atoms with Crippen molar-refractivity contribution < 1.29 is 17.4 Å². The van der Waals surface area contributed by atoms with E-state index in [1.54, 1.807) is 36.4 Å². The van der Waals surface area contributed by atoms with Crippen molar-refractivity contribution in [2.24, 2.45) is 0 Å². The van der Waals surface area contributed by atoms with E-state index in [9.17, 15) is 18.5 Å². The molecule has 0 saturated carbocycles. The molecule has 1 amide bonds. The lowest BCUT2D eigenvalue weighted by Gasteiger charge is -2.11. The second-order valence-electron chi connectivity index (χ2n) is 6.53. The van der Waals surface area contributed by atoms with Crippen LogP contribution in [0, 0.1) is 18.3 Å². The summed E-state index contributed by atoms with van der Waals surface area (Å²) in [5.41, 5.74) is 1.39. The highest BCUT2D eigenvalue weighted by molar-refractivity contribution is 7.87. The molecule has 1 N–H and O–H groups in total. The van der Waals surface area contributed by atoms with Crippen molar-refractivity contribution in [2.75, 3.05) is 5.32 Å². The van der Waals surface area contributed by atoms with E-state index in [1.165, 1.54) is 36.4 Å². The van der Waals surface area contributed by atoms with Gasteiger partial charge in [0.1, 0.15) is 22.3 Å². The first-order chi connectivity index (χ1) is 14.8. The van der Waals surface area contributed by atoms with Gasteiger partial charge in [-0.25, -0.2) is 0 Å². The smallest absolute Gasteiger partial charge is 0.339 e. The molecule has 3 rings (SSSR count). The highest BCUT2D eigenvalue weighted by Crippen LogP contribution is 2.28. The Hall–Kier alpha value is -3.60. The van der Waals surface area contributed by atoms with E-state index in [2.05, 4.69) is 5.32 Å². The van der Waals surface area contributed by atoms with Gasteiger partial charge < -0.3 is 9.50 Å². The Morgan fingerprint density at radius 2 is 1.81 bits per heavy atom. The Balaban J connectivity index is 1.94. The predicted octanol–water partition coefficient (Wildman–Crippen LogP) is 4.96. The summed E-state index contributed by atoms with van der Waals surface area (Å²) in [5.74, 6) is -0.714. The minimum atomic E-state index is -4.12. The highest BCUT2D eigenvalue weighted by Gasteiger charge is 2.19. The van der Waals surface area contributed by atoms with Crippen molar-refractivity contribution in [3.63, 3.8) is 0 Å². The molecule has 3 aromatic rings. The zero-order chi connectivity index (χ0) is 22.4. The number of amides is 1. The highest BCUT2D eigenvalue weighted by atomic mass is 35.5. The summed E-state index contributed by atoms with van der Waals surface area (Å²) in [7, 11) is -4.12. The predicted molar refractivity (Wildman–Crippen MR) is 119 cm³/mol. The average Bonchev–Trinajstić information content (AvgIpc) is 2.74. The van der Waals surface area contributed by atoms with Crippen molar-refractivity contribution >= 4 is 39.4 Å². The summed E-state index contributed by atoms with van der Waals surface area (Å²) < 4.78 is 30.4. The monoisotopic (exact) mass is 452 g/mol. The third kappa shape index (κ3) is 5.72. The molecule has 6 nitrogen and oxygen atoms in total. The average molecular weight is 453 g/mol. The maximum atomic E-state index is 12.6. The Labute approximate surface area is 185 Å². The lowest BCUT2D eigenvalue weighted by atomic mass is 10.1. The summed E-state index contributed by atoms with van der Waals surface area (Å²) in [6.45, 7) is 1.87. The summed E-state index contributed by atoms with van der Waals surface area (Å²) in [5, 5.41) is 12.4. The van der Waals surface area contributed by atoms with Crippen LogP contribution >= 0.6 is 11.6 Å². The van der Waals surface area contributed by atoms with E-state index in [0.717, 1.165) is 5.56 Å².